The lowest BCUT2D eigenvalue weighted by molar-refractivity contribution is -0.139. The molecule has 6 heteroatoms. The van der Waals surface area contributed by atoms with Gasteiger partial charge in [-0.05, 0) is 29.7 Å². The van der Waals surface area contributed by atoms with Crippen LogP contribution in [-0.2, 0) is 22.4 Å². The zero-order valence-corrected chi connectivity index (χ0v) is 13.1. The molecule has 0 aliphatic rings. The molecule has 2 aromatic carbocycles. The van der Waals surface area contributed by atoms with Gasteiger partial charge in [-0.25, -0.2) is 4.79 Å². The molecule has 0 radical (unpaired) electrons. The van der Waals surface area contributed by atoms with Gasteiger partial charge in [-0.15, -0.1) is 0 Å². The predicted octanol–water partition coefficient (Wildman–Crippen LogP) is 1.75. The van der Waals surface area contributed by atoms with Crippen LogP contribution in [-0.4, -0.2) is 34.2 Å². The summed E-state index contributed by atoms with van der Waals surface area (Å²) in [5, 5.41) is 21.3. The maximum absolute atomic E-state index is 11.5. The molecule has 2 atom stereocenters. The van der Waals surface area contributed by atoms with E-state index in [0.29, 0.717) is 12.1 Å². The maximum atomic E-state index is 11.5. The fraction of sp³-hybridized carbons (Fsp3) is 0.222. The summed E-state index contributed by atoms with van der Waals surface area (Å²) in [6.45, 7) is 0. The average molecular weight is 328 g/mol. The first-order valence-corrected chi connectivity index (χ1v) is 7.56. The first-order chi connectivity index (χ1) is 11.5. The van der Waals surface area contributed by atoms with Crippen LogP contribution in [0.2, 0.25) is 0 Å². The van der Waals surface area contributed by atoms with Crippen LogP contribution < -0.4 is 11.1 Å². The Balaban J connectivity index is 2.09. The fourth-order valence-electron chi connectivity index (χ4n) is 2.38. The number of nitrogens with two attached hydrogens (primary N) is 1. The number of carbonyl (C=O) groups is 2. The van der Waals surface area contributed by atoms with Crippen LogP contribution >= 0.6 is 0 Å². The van der Waals surface area contributed by atoms with E-state index >= 15 is 0 Å². The van der Waals surface area contributed by atoms with Gasteiger partial charge in [0, 0.05) is 12.1 Å². The normalized spacial score (nSPS) is 13.0. The largest absolute Gasteiger partial charge is 0.480 e. The molecule has 0 aliphatic carbocycles. The summed E-state index contributed by atoms with van der Waals surface area (Å²) >= 11 is 0. The Morgan fingerprint density at radius 1 is 0.917 bits per heavy atom. The van der Waals surface area contributed by atoms with Crippen molar-refractivity contribution in [3.05, 3.63) is 65.7 Å². The van der Waals surface area contributed by atoms with Crippen molar-refractivity contribution in [1.82, 2.24) is 0 Å². The number of nitrogens with one attached hydrogen (secondary N) is 1. The third-order valence-electron chi connectivity index (χ3n) is 3.62. The van der Waals surface area contributed by atoms with Crippen molar-refractivity contribution in [2.45, 2.75) is 24.9 Å². The molecule has 126 valence electrons. The summed E-state index contributed by atoms with van der Waals surface area (Å²) in [6, 6.07) is 14.6. The number of carboxylic acid groups (broad SMARTS) is 2. The number of anilines is 1. The van der Waals surface area contributed by atoms with Crippen LogP contribution in [0.5, 0.6) is 0 Å². The van der Waals surface area contributed by atoms with Gasteiger partial charge in [-0.2, -0.15) is 0 Å². The van der Waals surface area contributed by atoms with Gasteiger partial charge in [0.1, 0.15) is 12.1 Å². The summed E-state index contributed by atoms with van der Waals surface area (Å²) in [7, 11) is 0. The van der Waals surface area contributed by atoms with Crippen molar-refractivity contribution in [1.29, 1.82) is 0 Å². The van der Waals surface area contributed by atoms with Crippen molar-refractivity contribution in [3.63, 3.8) is 0 Å². The minimum Gasteiger partial charge on any atom is -0.480 e. The van der Waals surface area contributed by atoms with Crippen molar-refractivity contribution in [2.24, 2.45) is 5.73 Å². The minimum absolute atomic E-state index is 0.182. The lowest BCUT2D eigenvalue weighted by atomic mass is 10.0. The number of aliphatic carboxylic acids is 2. The second-order valence-corrected chi connectivity index (χ2v) is 5.57. The first kappa shape index (κ1) is 17.5. The van der Waals surface area contributed by atoms with Gasteiger partial charge in [0.15, 0.2) is 0 Å². The molecule has 6 nitrogen and oxygen atoms in total. The highest BCUT2D eigenvalue weighted by Gasteiger charge is 2.18. The molecule has 0 bridgehead atoms. The van der Waals surface area contributed by atoms with E-state index in [9.17, 15) is 14.7 Å². The molecular formula is C18H20N2O4. The smallest absolute Gasteiger partial charge is 0.326 e. The lowest BCUT2D eigenvalue weighted by Crippen LogP contribution is -2.32. The molecule has 5 N–H and O–H groups in total. The molecule has 2 aromatic rings. The zero-order valence-electron chi connectivity index (χ0n) is 13.1. The molecule has 0 fully saturated rings. The first-order valence-electron chi connectivity index (χ1n) is 7.56. The SMILES string of the molecule is N[C@@H](Cc1cccc(N[C@@H](Cc2ccccc2)C(=O)O)c1)C(=O)O. The molecule has 0 aliphatic heterocycles. The van der Waals surface area contributed by atoms with Crippen LogP contribution in [0.25, 0.3) is 0 Å². The third-order valence-corrected chi connectivity index (χ3v) is 3.62. The standard InChI is InChI=1S/C18H20N2O4/c19-15(17(21)22)10-13-7-4-8-14(9-13)20-16(18(23)24)11-12-5-2-1-3-6-12/h1-9,15-16,20H,10-11,19H2,(H,21,22)(H,23,24)/t15-,16-/m0/s1. The topological polar surface area (TPSA) is 113 Å². The van der Waals surface area contributed by atoms with E-state index < -0.39 is 24.0 Å². The van der Waals surface area contributed by atoms with Gasteiger partial charge in [-0.1, -0.05) is 42.5 Å². The van der Waals surface area contributed by atoms with Gasteiger partial charge in [0.25, 0.3) is 0 Å². The van der Waals surface area contributed by atoms with E-state index in [1.54, 1.807) is 24.3 Å². The van der Waals surface area contributed by atoms with Gasteiger partial charge >= 0.3 is 11.9 Å². The number of carboxylic acids is 2. The zero-order chi connectivity index (χ0) is 17.5. The Hall–Kier alpha value is -2.86. The van der Waals surface area contributed by atoms with Gasteiger partial charge in [0.2, 0.25) is 0 Å². The van der Waals surface area contributed by atoms with Crippen LogP contribution in [0.15, 0.2) is 54.6 Å². The molecule has 0 heterocycles. The Morgan fingerprint density at radius 3 is 2.21 bits per heavy atom. The molecule has 0 saturated carbocycles. The van der Waals surface area contributed by atoms with Gasteiger partial charge in [0.05, 0.1) is 0 Å². The molecule has 2 rings (SSSR count). The second kappa shape index (κ2) is 8.12. The highest BCUT2D eigenvalue weighted by Crippen LogP contribution is 2.15. The summed E-state index contributed by atoms with van der Waals surface area (Å²) in [5.41, 5.74) is 7.81. The van der Waals surface area contributed by atoms with Crippen LogP contribution in [0, 0.1) is 0 Å². The molecule has 0 aromatic heterocycles. The summed E-state index contributed by atoms with van der Waals surface area (Å²) in [6.07, 6.45) is 0.524. The minimum atomic E-state index is -1.07. The summed E-state index contributed by atoms with van der Waals surface area (Å²) in [5.74, 6) is -2.02. The number of hydrogen-bond donors (Lipinski definition) is 4. The van der Waals surface area contributed by atoms with Crippen molar-refractivity contribution in [3.8, 4) is 0 Å². The number of hydrogen-bond acceptors (Lipinski definition) is 4. The van der Waals surface area contributed by atoms with Crippen molar-refractivity contribution < 1.29 is 19.8 Å². The molecule has 24 heavy (non-hydrogen) atoms. The quantitative estimate of drug-likeness (QED) is 0.587. The van der Waals surface area contributed by atoms with Gasteiger partial charge < -0.3 is 21.3 Å². The fourth-order valence-corrected chi connectivity index (χ4v) is 2.38. The molecular weight excluding hydrogens is 308 g/mol. The number of benzene rings is 2. The predicted molar refractivity (Wildman–Crippen MR) is 90.9 cm³/mol. The van der Waals surface area contributed by atoms with Crippen molar-refractivity contribution in [2.75, 3.05) is 5.32 Å². The summed E-state index contributed by atoms with van der Waals surface area (Å²) < 4.78 is 0. The maximum Gasteiger partial charge on any atom is 0.326 e. The second-order valence-electron chi connectivity index (χ2n) is 5.57. The number of rotatable bonds is 8. The van der Waals surface area contributed by atoms with Crippen LogP contribution in [0.4, 0.5) is 5.69 Å². The molecule has 0 amide bonds. The Bertz CT molecular complexity index is 703. The Labute approximate surface area is 139 Å². The third kappa shape index (κ3) is 5.10. The molecule has 0 unspecified atom stereocenters. The summed E-state index contributed by atoms with van der Waals surface area (Å²) in [4.78, 5) is 22.3. The van der Waals surface area contributed by atoms with Crippen LogP contribution in [0.1, 0.15) is 11.1 Å². The van der Waals surface area contributed by atoms with Gasteiger partial charge in [-0.3, -0.25) is 4.79 Å². The highest BCUT2D eigenvalue weighted by atomic mass is 16.4. The highest BCUT2D eigenvalue weighted by molar-refractivity contribution is 5.78. The van der Waals surface area contributed by atoms with Crippen molar-refractivity contribution >= 4 is 17.6 Å². The average Bonchev–Trinajstić information content (AvgIpc) is 2.55. The van der Waals surface area contributed by atoms with Crippen LogP contribution in [0.3, 0.4) is 0 Å². The molecule has 0 saturated heterocycles. The van der Waals surface area contributed by atoms with E-state index in [4.69, 9.17) is 10.8 Å². The van der Waals surface area contributed by atoms with E-state index in [-0.39, 0.29) is 6.42 Å². The monoisotopic (exact) mass is 328 g/mol. The van der Waals surface area contributed by atoms with E-state index in [1.165, 1.54) is 0 Å². The van der Waals surface area contributed by atoms with E-state index in [1.807, 2.05) is 30.3 Å². The van der Waals surface area contributed by atoms with E-state index in [0.717, 1.165) is 11.1 Å². The molecule has 0 spiro atoms. The van der Waals surface area contributed by atoms with E-state index in [2.05, 4.69) is 5.32 Å². The lowest BCUT2D eigenvalue weighted by Gasteiger charge is -2.17. The Kier molecular flexibility index (Phi) is 5.92. The Morgan fingerprint density at radius 2 is 1.58 bits per heavy atom.